The molecule has 0 saturated carbocycles. The normalized spacial score (nSPS) is 14.4. The average molecular weight is 348 g/mol. The molecule has 2 aromatic carbocycles. The van der Waals surface area contributed by atoms with Gasteiger partial charge in [-0.25, -0.2) is 4.98 Å². The first-order valence-electron chi connectivity index (χ1n) is 8.69. The highest BCUT2D eigenvalue weighted by Crippen LogP contribution is 2.23. The second kappa shape index (κ2) is 7.49. The Morgan fingerprint density at radius 3 is 2.50 bits per heavy atom. The van der Waals surface area contributed by atoms with Crippen molar-refractivity contribution in [1.29, 1.82) is 0 Å². The number of anilines is 1. The highest BCUT2D eigenvalue weighted by Gasteiger charge is 2.17. The lowest BCUT2D eigenvalue weighted by molar-refractivity contribution is 0.122. The van der Waals surface area contributed by atoms with Gasteiger partial charge in [0.05, 0.1) is 13.2 Å². The van der Waals surface area contributed by atoms with E-state index in [0.29, 0.717) is 37.2 Å². The molecular weight excluding hydrogens is 328 g/mol. The van der Waals surface area contributed by atoms with Crippen LogP contribution in [0.15, 0.2) is 54.6 Å². The summed E-state index contributed by atoms with van der Waals surface area (Å²) in [6.07, 6.45) is 0.631. The monoisotopic (exact) mass is 348 g/mol. The maximum Gasteiger partial charge on any atom is 0.229 e. The topological polar surface area (TPSA) is 71.4 Å². The number of hydrogen-bond donors (Lipinski definition) is 1. The predicted octanol–water partition coefficient (Wildman–Crippen LogP) is 2.67. The number of phenolic OH excluding ortho intramolecular Hbond substituents is 1. The maximum atomic E-state index is 9.80. The van der Waals surface area contributed by atoms with E-state index in [0.717, 1.165) is 24.2 Å². The van der Waals surface area contributed by atoms with Crippen molar-refractivity contribution in [3.8, 4) is 17.1 Å². The molecule has 0 atom stereocenters. The Kier molecular flexibility index (Phi) is 4.75. The van der Waals surface area contributed by atoms with Crippen LogP contribution in [0.25, 0.3) is 11.4 Å². The van der Waals surface area contributed by atoms with Crippen molar-refractivity contribution >= 4 is 5.95 Å². The summed E-state index contributed by atoms with van der Waals surface area (Å²) in [4.78, 5) is 16.1. The summed E-state index contributed by atoms with van der Waals surface area (Å²) in [5, 5.41) is 9.80. The number of aromatic nitrogens is 3. The number of nitrogens with zero attached hydrogens (tertiary/aromatic N) is 4. The van der Waals surface area contributed by atoms with E-state index in [4.69, 9.17) is 4.74 Å². The first kappa shape index (κ1) is 16.5. The van der Waals surface area contributed by atoms with E-state index >= 15 is 0 Å². The number of phenols is 1. The van der Waals surface area contributed by atoms with Crippen LogP contribution in [-0.4, -0.2) is 46.4 Å². The third kappa shape index (κ3) is 3.81. The van der Waals surface area contributed by atoms with E-state index in [2.05, 4.69) is 32.0 Å². The van der Waals surface area contributed by atoms with Crippen LogP contribution >= 0.6 is 0 Å². The molecule has 1 aliphatic heterocycles. The van der Waals surface area contributed by atoms with Gasteiger partial charge in [0.15, 0.2) is 5.82 Å². The molecule has 132 valence electrons. The van der Waals surface area contributed by atoms with Crippen molar-refractivity contribution in [3.05, 3.63) is 66.0 Å². The molecule has 1 fully saturated rings. The zero-order valence-electron chi connectivity index (χ0n) is 14.4. The summed E-state index contributed by atoms with van der Waals surface area (Å²) < 4.78 is 5.43. The van der Waals surface area contributed by atoms with Gasteiger partial charge in [0.2, 0.25) is 5.95 Å². The van der Waals surface area contributed by atoms with Gasteiger partial charge in [0.1, 0.15) is 11.6 Å². The van der Waals surface area contributed by atoms with Crippen molar-refractivity contribution in [2.24, 2.45) is 0 Å². The Hall–Kier alpha value is -2.99. The molecule has 0 spiro atoms. The van der Waals surface area contributed by atoms with Gasteiger partial charge in [-0.1, -0.05) is 42.5 Å². The van der Waals surface area contributed by atoms with E-state index in [-0.39, 0.29) is 5.75 Å². The number of morpholine rings is 1. The SMILES string of the molecule is Oc1cccc(-c2nc(Cc3ccccc3)nc(N3CCOCC3)n2)c1. The van der Waals surface area contributed by atoms with Gasteiger partial charge in [0, 0.05) is 25.1 Å². The predicted molar refractivity (Wildman–Crippen MR) is 99.2 cm³/mol. The van der Waals surface area contributed by atoms with E-state index in [1.807, 2.05) is 24.3 Å². The van der Waals surface area contributed by atoms with E-state index in [1.54, 1.807) is 18.2 Å². The van der Waals surface area contributed by atoms with Gasteiger partial charge < -0.3 is 14.7 Å². The Balaban J connectivity index is 1.73. The molecule has 3 aromatic rings. The summed E-state index contributed by atoms with van der Waals surface area (Å²) >= 11 is 0. The van der Waals surface area contributed by atoms with Crippen LogP contribution < -0.4 is 4.90 Å². The van der Waals surface area contributed by atoms with Crippen LogP contribution in [0.5, 0.6) is 5.75 Å². The fraction of sp³-hybridized carbons (Fsp3) is 0.250. The number of aromatic hydroxyl groups is 1. The highest BCUT2D eigenvalue weighted by molar-refractivity contribution is 5.58. The molecule has 2 heterocycles. The number of ether oxygens (including phenoxy) is 1. The van der Waals surface area contributed by atoms with E-state index in [9.17, 15) is 5.11 Å². The van der Waals surface area contributed by atoms with Crippen LogP contribution in [0, 0.1) is 0 Å². The quantitative estimate of drug-likeness (QED) is 0.782. The molecule has 0 unspecified atom stereocenters. The van der Waals surface area contributed by atoms with Crippen molar-refractivity contribution in [3.63, 3.8) is 0 Å². The fourth-order valence-corrected chi connectivity index (χ4v) is 2.94. The third-order valence-electron chi connectivity index (χ3n) is 4.27. The molecule has 0 amide bonds. The van der Waals surface area contributed by atoms with Crippen molar-refractivity contribution in [2.75, 3.05) is 31.2 Å². The minimum Gasteiger partial charge on any atom is -0.508 e. The average Bonchev–Trinajstić information content (AvgIpc) is 2.69. The Labute approximate surface area is 152 Å². The van der Waals surface area contributed by atoms with Crippen molar-refractivity contribution in [2.45, 2.75) is 6.42 Å². The van der Waals surface area contributed by atoms with Crippen LogP contribution in [-0.2, 0) is 11.2 Å². The van der Waals surface area contributed by atoms with Crippen LogP contribution in [0.4, 0.5) is 5.95 Å². The van der Waals surface area contributed by atoms with Gasteiger partial charge in [-0.3, -0.25) is 0 Å². The summed E-state index contributed by atoms with van der Waals surface area (Å²) in [5.41, 5.74) is 1.92. The smallest absolute Gasteiger partial charge is 0.229 e. The van der Waals surface area contributed by atoms with Crippen LogP contribution in [0.2, 0.25) is 0 Å². The van der Waals surface area contributed by atoms with E-state index < -0.39 is 0 Å². The molecule has 1 N–H and O–H groups in total. The third-order valence-corrected chi connectivity index (χ3v) is 4.27. The molecule has 0 bridgehead atoms. The largest absolute Gasteiger partial charge is 0.508 e. The molecule has 1 aliphatic rings. The summed E-state index contributed by atoms with van der Waals surface area (Å²) in [6, 6.07) is 17.1. The van der Waals surface area contributed by atoms with Gasteiger partial charge in [-0.05, 0) is 17.7 Å². The zero-order valence-corrected chi connectivity index (χ0v) is 14.4. The van der Waals surface area contributed by atoms with Gasteiger partial charge in [0.25, 0.3) is 0 Å². The molecule has 4 rings (SSSR count). The first-order valence-corrected chi connectivity index (χ1v) is 8.69. The Bertz CT molecular complexity index is 880. The summed E-state index contributed by atoms with van der Waals surface area (Å²) in [5.74, 6) is 2.14. The minimum absolute atomic E-state index is 0.195. The van der Waals surface area contributed by atoms with E-state index in [1.165, 1.54) is 0 Å². The molecule has 6 nitrogen and oxygen atoms in total. The number of rotatable bonds is 4. The van der Waals surface area contributed by atoms with Crippen LogP contribution in [0.3, 0.4) is 0 Å². The van der Waals surface area contributed by atoms with Gasteiger partial charge in [-0.2, -0.15) is 9.97 Å². The van der Waals surface area contributed by atoms with Gasteiger partial charge in [-0.15, -0.1) is 0 Å². The second-order valence-corrected chi connectivity index (χ2v) is 6.19. The second-order valence-electron chi connectivity index (χ2n) is 6.19. The molecular formula is C20H20N4O2. The van der Waals surface area contributed by atoms with Crippen molar-refractivity contribution in [1.82, 2.24) is 15.0 Å². The molecule has 1 aromatic heterocycles. The molecule has 0 aliphatic carbocycles. The number of hydrogen-bond acceptors (Lipinski definition) is 6. The lowest BCUT2D eigenvalue weighted by Gasteiger charge is -2.27. The molecule has 1 saturated heterocycles. The maximum absolute atomic E-state index is 9.80. The molecule has 0 radical (unpaired) electrons. The lowest BCUT2D eigenvalue weighted by Crippen LogP contribution is -2.37. The summed E-state index contributed by atoms with van der Waals surface area (Å²) in [6.45, 7) is 2.85. The zero-order chi connectivity index (χ0) is 17.8. The summed E-state index contributed by atoms with van der Waals surface area (Å²) in [7, 11) is 0. The number of benzene rings is 2. The Morgan fingerprint density at radius 1 is 0.923 bits per heavy atom. The fourth-order valence-electron chi connectivity index (χ4n) is 2.94. The molecule has 6 heteroatoms. The van der Waals surface area contributed by atoms with Crippen LogP contribution in [0.1, 0.15) is 11.4 Å². The minimum atomic E-state index is 0.195. The standard InChI is InChI=1S/C20H20N4O2/c25-17-8-4-7-16(14-17)19-21-18(13-15-5-2-1-3-6-15)22-20(23-19)24-9-11-26-12-10-24/h1-8,14,25H,9-13H2. The highest BCUT2D eigenvalue weighted by atomic mass is 16.5. The lowest BCUT2D eigenvalue weighted by atomic mass is 10.1. The van der Waals surface area contributed by atoms with Gasteiger partial charge >= 0.3 is 0 Å². The molecule has 26 heavy (non-hydrogen) atoms. The Morgan fingerprint density at radius 2 is 1.73 bits per heavy atom. The van der Waals surface area contributed by atoms with Crippen molar-refractivity contribution < 1.29 is 9.84 Å². The first-order chi connectivity index (χ1) is 12.8.